The van der Waals surface area contributed by atoms with E-state index in [1.165, 1.54) is 5.56 Å². The topological polar surface area (TPSA) is 16.1 Å². The fourth-order valence-corrected chi connectivity index (χ4v) is 0.997. The average molecular weight is 168 g/mol. The number of nitrogens with zero attached hydrogens (tertiary/aromatic N) is 2. The smallest absolute Gasteiger partial charge is 0.0312 e. The molecule has 1 atom stereocenters. The highest BCUT2D eigenvalue weighted by molar-refractivity contribution is 7.16. The highest BCUT2D eigenvalue weighted by Gasteiger charge is 1.95. The molecule has 60 valence electrons. The summed E-state index contributed by atoms with van der Waals surface area (Å²) >= 11 is 0. The van der Waals surface area contributed by atoms with Crippen molar-refractivity contribution in [3.05, 3.63) is 30.1 Å². The summed E-state index contributed by atoms with van der Waals surface area (Å²) in [5, 5.41) is 0. The van der Waals surface area contributed by atoms with Crippen LogP contribution in [0.2, 0.25) is 0 Å². The lowest BCUT2D eigenvalue weighted by Crippen LogP contribution is -2.14. The molecule has 0 saturated carbocycles. The summed E-state index contributed by atoms with van der Waals surface area (Å²) in [5.41, 5.74) is 1.26. The van der Waals surface area contributed by atoms with E-state index in [2.05, 4.69) is 32.2 Å². The Kier molecular flexibility index (Phi) is 3.47. The van der Waals surface area contributed by atoms with Gasteiger partial charge in [-0.25, -0.2) is 0 Å². The Bertz CT molecular complexity index is 201. The second-order valence-electron chi connectivity index (χ2n) is 2.56. The van der Waals surface area contributed by atoms with Gasteiger partial charge in [0, 0.05) is 25.2 Å². The number of rotatable bonds is 3. The molecule has 0 bridgehead atoms. The van der Waals surface area contributed by atoms with Crippen LogP contribution in [-0.2, 0) is 6.54 Å². The van der Waals surface area contributed by atoms with E-state index >= 15 is 0 Å². The van der Waals surface area contributed by atoms with Crippen molar-refractivity contribution < 1.29 is 0 Å². The van der Waals surface area contributed by atoms with Crippen LogP contribution in [0.4, 0.5) is 0 Å². The van der Waals surface area contributed by atoms with Gasteiger partial charge in [0.25, 0.3) is 0 Å². The molecule has 0 spiro atoms. The van der Waals surface area contributed by atoms with Crippen LogP contribution in [0.25, 0.3) is 0 Å². The van der Waals surface area contributed by atoms with E-state index in [0.717, 1.165) is 12.8 Å². The van der Waals surface area contributed by atoms with Gasteiger partial charge in [-0.15, -0.1) is 9.24 Å². The molecule has 11 heavy (non-hydrogen) atoms. The molecule has 0 saturated heterocycles. The van der Waals surface area contributed by atoms with Gasteiger partial charge >= 0.3 is 0 Å². The van der Waals surface area contributed by atoms with Crippen molar-refractivity contribution in [2.75, 3.05) is 13.3 Å². The summed E-state index contributed by atoms with van der Waals surface area (Å²) in [6, 6.07) is 4.05. The first-order valence-corrected chi connectivity index (χ1v) is 4.42. The van der Waals surface area contributed by atoms with E-state index in [1.54, 1.807) is 6.20 Å². The van der Waals surface area contributed by atoms with Gasteiger partial charge in [-0.1, -0.05) is 6.07 Å². The predicted octanol–water partition coefficient (Wildman–Crippen LogP) is 1.35. The molecule has 0 aromatic carbocycles. The molecule has 0 aliphatic heterocycles. The van der Waals surface area contributed by atoms with Gasteiger partial charge in [0.2, 0.25) is 0 Å². The average Bonchev–Trinajstić information content (AvgIpc) is 2.06. The Morgan fingerprint density at radius 2 is 2.45 bits per heavy atom. The second kappa shape index (κ2) is 4.42. The molecule has 0 amide bonds. The van der Waals surface area contributed by atoms with Crippen molar-refractivity contribution in [2.45, 2.75) is 6.54 Å². The van der Waals surface area contributed by atoms with Crippen LogP contribution in [0, 0.1) is 0 Å². The lowest BCUT2D eigenvalue weighted by atomic mass is 10.3. The fraction of sp³-hybridized carbons (Fsp3) is 0.375. The number of hydrogen-bond donors (Lipinski definition) is 0. The van der Waals surface area contributed by atoms with E-state index in [0.29, 0.717) is 0 Å². The van der Waals surface area contributed by atoms with E-state index in [-0.39, 0.29) is 0 Å². The van der Waals surface area contributed by atoms with Crippen LogP contribution in [0.15, 0.2) is 24.5 Å². The Hall–Kier alpha value is -0.460. The SMILES string of the molecule is CN(CP)Cc1cccnc1. The summed E-state index contributed by atoms with van der Waals surface area (Å²) in [4.78, 5) is 6.25. The Labute approximate surface area is 69.8 Å². The monoisotopic (exact) mass is 168 g/mol. The van der Waals surface area contributed by atoms with Gasteiger partial charge in [-0.2, -0.15) is 0 Å². The molecule has 1 rings (SSSR count). The van der Waals surface area contributed by atoms with Gasteiger partial charge in [0.05, 0.1) is 0 Å². The van der Waals surface area contributed by atoms with E-state index < -0.39 is 0 Å². The summed E-state index contributed by atoms with van der Waals surface area (Å²) in [6.07, 6.45) is 4.69. The normalized spacial score (nSPS) is 10.5. The number of pyridine rings is 1. The third-order valence-electron chi connectivity index (χ3n) is 1.49. The standard InChI is InChI=1S/C8H13N2P/c1-10(7-11)6-8-3-2-4-9-5-8/h2-5H,6-7,11H2,1H3. The summed E-state index contributed by atoms with van der Waals surface area (Å²) in [6.45, 7) is 0.970. The van der Waals surface area contributed by atoms with E-state index in [1.807, 2.05) is 12.3 Å². The third kappa shape index (κ3) is 2.96. The summed E-state index contributed by atoms with van der Waals surface area (Å²) in [7, 11) is 4.78. The van der Waals surface area contributed by atoms with Crippen molar-refractivity contribution in [1.82, 2.24) is 9.88 Å². The van der Waals surface area contributed by atoms with E-state index in [9.17, 15) is 0 Å². The molecular formula is C8H13N2P. The summed E-state index contributed by atoms with van der Waals surface area (Å²) in [5.74, 6) is 0. The van der Waals surface area contributed by atoms with Crippen molar-refractivity contribution in [2.24, 2.45) is 0 Å². The molecule has 1 heterocycles. The molecule has 0 N–H and O–H groups in total. The van der Waals surface area contributed by atoms with Gasteiger partial charge in [-0.3, -0.25) is 9.88 Å². The largest absolute Gasteiger partial charge is 0.299 e. The second-order valence-corrected chi connectivity index (χ2v) is 2.92. The first kappa shape index (κ1) is 8.63. The molecule has 0 radical (unpaired) electrons. The van der Waals surface area contributed by atoms with Crippen LogP contribution in [0.5, 0.6) is 0 Å². The van der Waals surface area contributed by atoms with Crippen LogP contribution >= 0.6 is 9.24 Å². The van der Waals surface area contributed by atoms with Gasteiger partial charge in [-0.05, 0) is 18.7 Å². The Balaban J connectivity index is 2.51. The molecule has 0 aliphatic carbocycles. The minimum atomic E-state index is 0.970. The molecule has 1 aromatic rings. The zero-order valence-corrected chi connectivity index (χ0v) is 7.85. The lowest BCUT2D eigenvalue weighted by molar-refractivity contribution is 0.385. The number of hydrogen-bond acceptors (Lipinski definition) is 2. The van der Waals surface area contributed by atoms with Gasteiger partial charge in [0.1, 0.15) is 0 Å². The Morgan fingerprint density at radius 3 is 3.00 bits per heavy atom. The maximum absolute atomic E-state index is 4.04. The third-order valence-corrected chi connectivity index (χ3v) is 2.11. The molecular weight excluding hydrogens is 155 g/mol. The Morgan fingerprint density at radius 1 is 1.64 bits per heavy atom. The lowest BCUT2D eigenvalue weighted by Gasteiger charge is -2.12. The summed E-state index contributed by atoms with van der Waals surface area (Å²) < 4.78 is 0. The van der Waals surface area contributed by atoms with Crippen molar-refractivity contribution in [1.29, 1.82) is 0 Å². The minimum absolute atomic E-state index is 0.970. The van der Waals surface area contributed by atoms with Crippen LogP contribution < -0.4 is 0 Å². The van der Waals surface area contributed by atoms with Gasteiger partial charge in [0.15, 0.2) is 0 Å². The molecule has 1 aromatic heterocycles. The molecule has 3 heteroatoms. The van der Waals surface area contributed by atoms with Crippen LogP contribution in [-0.4, -0.2) is 23.2 Å². The maximum atomic E-state index is 4.04. The quantitative estimate of drug-likeness (QED) is 0.633. The highest BCUT2D eigenvalue weighted by Crippen LogP contribution is 2.01. The van der Waals surface area contributed by atoms with Crippen LogP contribution in [0.1, 0.15) is 5.56 Å². The molecule has 2 nitrogen and oxygen atoms in total. The zero-order chi connectivity index (χ0) is 8.10. The fourth-order valence-electron chi connectivity index (χ4n) is 0.868. The molecule has 1 unspecified atom stereocenters. The number of aromatic nitrogens is 1. The first-order valence-electron chi connectivity index (χ1n) is 3.60. The first-order chi connectivity index (χ1) is 5.33. The maximum Gasteiger partial charge on any atom is 0.0312 e. The van der Waals surface area contributed by atoms with Crippen LogP contribution in [0.3, 0.4) is 0 Å². The van der Waals surface area contributed by atoms with Gasteiger partial charge < -0.3 is 0 Å². The predicted molar refractivity (Wildman–Crippen MR) is 50.3 cm³/mol. The minimum Gasteiger partial charge on any atom is -0.299 e. The molecule has 0 fully saturated rings. The highest BCUT2D eigenvalue weighted by atomic mass is 31.0. The van der Waals surface area contributed by atoms with E-state index in [4.69, 9.17) is 0 Å². The van der Waals surface area contributed by atoms with Crippen molar-refractivity contribution in [3.63, 3.8) is 0 Å². The molecule has 0 aliphatic rings. The zero-order valence-electron chi connectivity index (χ0n) is 6.70. The van der Waals surface area contributed by atoms with Crippen molar-refractivity contribution in [3.8, 4) is 0 Å². The van der Waals surface area contributed by atoms with Crippen molar-refractivity contribution >= 4 is 9.24 Å².